The molecule has 8 nitrogen and oxygen atoms in total. The fourth-order valence-corrected chi connectivity index (χ4v) is 4.74. The summed E-state index contributed by atoms with van der Waals surface area (Å²) in [4.78, 5) is 28.8. The van der Waals surface area contributed by atoms with Crippen molar-refractivity contribution in [3.05, 3.63) is 65.7 Å². The number of nitrogens with zero attached hydrogens (tertiary/aromatic N) is 3. The van der Waals surface area contributed by atoms with Gasteiger partial charge in [-0.3, -0.25) is 14.5 Å². The van der Waals surface area contributed by atoms with E-state index in [2.05, 4.69) is 14.1 Å². The molecule has 1 aromatic heterocycles. The van der Waals surface area contributed by atoms with Gasteiger partial charge in [-0.05, 0) is 54.8 Å². The lowest BCUT2D eigenvalue weighted by atomic mass is 9.94. The van der Waals surface area contributed by atoms with Crippen molar-refractivity contribution in [1.29, 1.82) is 0 Å². The van der Waals surface area contributed by atoms with Gasteiger partial charge in [-0.15, -0.1) is 0 Å². The number of carbonyl (C=O) groups excluding carboxylic acids is 2. The number of aromatic nitrogens is 2. The zero-order chi connectivity index (χ0) is 24.8. The second-order valence-corrected chi connectivity index (χ2v) is 8.86. The molecule has 1 saturated carbocycles. The first kappa shape index (κ1) is 24.6. The second kappa shape index (κ2) is 11.3. The lowest BCUT2D eigenvalue weighted by Gasteiger charge is -2.33. The Hall–Kier alpha value is -3.53. The van der Waals surface area contributed by atoms with Gasteiger partial charge in [-0.1, -0.05) is 25.3 Å². The Morgan fingerprint density at radius 1 is 1.06 bits per heavy atom. The molecule has 0 spiro atoms. The molecule has 1 fully saturated rings. The third-order valence-corrected chi connectivity index (χ3v) is 6.56. The van der Waals surface area contributed by atoms with Crippen LogP contribution < -0.4 is 19.7 Å². The minimum Gasteiger partial charge on any atom is -0.493 e. The van der Waals surface area contributed by atoms with Crippen LogP contribution in [0.25, 0.3) is 0 Å². The number of methoxy groups -OCH3 is 2. The summed E-state index contributed by atoms with van der Waals surface area (Å²) in [6.07, 6.45) is 6.33. The van der Waals surface area contributed by atoms with Gasteiger partial charge in [0.05, 0.1) is 32.1 Å². The lowest BCUT2D eigenvalue weighted by Crippen LogP contribution is -2.47. The van der Waals surface area contributed by atoms with Crippen molar-refractivity contribution in [3.63, 3.8) is 0 Å². The van der Waals surface area contributed by atoms with Crippen molar-refractivity contribution in [3.8, 4) is 11.5 Å². The van der Waals surface area contributed by atoms with E-state index in [4.69, 9.17) is 9.47 Å². The number of ether oxygens (including phenoxy) is 2. The smallest absolute Gasteiger partial charge is 0.280 e. The number of anilines is 1. The summed E-state index contributed by atoms with van der Waals surface area (Å²) < 4.78 is 32.6. The van der Waals surface area contributed by atoms with E-state index in [1.54, 1.807) is 18.2 Å². The van der Waals surface area contributed by atoms with Crippen LogP contribution in [0.15, 0.2) is 48.7 Å². The Kier molecular flexibility index (Phi) is 7.91. The van der Waals surface area contributed by atoms with Gasteiger partial charge in [0.2, 0.25) is 5.91 Å². The van der Waals surface area contributed by atoms with Gasteiger partial charge in [0.15, 0.2) is 17.2 Å². The quantitative estimate of drug-likeness (QED) is 0.490. The van der Waals surface area contributed by atoms with E-state index >= 15 is 0 Å². The minimum atomic E-state index is -1.07. The van der Waals surface area contributed by atoms with Crippen LogP contribution in [0.4, 0.5) is 10.1 Å². The molecular formula is C25H27FN4O4S. The van der Waals surface area contributed by atoms with Gasteiger partial charge in [0.1, 0.15) is 11.9 Å². The number of hydrogen-bond acceptors (Lipinski definition) is 7. The first-order valence-electron chi connectivity index (χ1n) is 11.4. The molecule has 35 heavy (non-hydrogen) atoms. The maximum Gasteiger partial charge on any atom is 0.280 e. The number of benzene rings is 2. The van der Waals surface area contributed by atoms with E-state index < -0.39 is 17.8 Å². The van der Waals surface area contributed by atoms with Gasteiger partial charge in [0, 0.05) is 11.7 Å². The van der Waals surface area contributed by atoms with Crippen molar-refractivity contribution < 1.29 is 23.5 Å². The molecule has 0 aliphatic heterocycles. The fourth-order valence-electron chi connectivity index (χ4n) is 4.34. The summed E-state index contributed by atoms with van der Waals surface area (Å²) in [6.45, 7) is 0. The Bertz CT molecular complexity index is 1150. The van der Waals surface area contributed by atoms with Crippen LogP contribution in [-0.4, -0.2) is 40.8 Å². The van der Waals surface area contributed by atoms with E-state index in [0.717, 1.165) is 43.8 Å². The first-order valence-corrected chi connectivity index (χ1v) is 12.1. The summed E-state index contributed by atoms with van der Waals surface area (Å²) in [7, 11) is 3.02. The van der Waals surface area contributed by atoms with Crippen LogP contribution >= 0.6 is 11.7 Å². The number of hydrogen-bond donors (Lipinski definition) is 1. The molecule has 10 heteroatoms. The second-order valence-electron chi connectivity index (χ2n) is 8.30. The van der Waals surface area contributed by atoms with Crippen molar-refractivity contribution in [2.24, 2.45) is 0 Å². The molecule has 0 bridgehead atoms. The zero-order valence-corrected chi connectivity index (χ0v) is 20.4. The molecule has 0 saturated heterocycles. The molecule has 1 aliphatic carbocycles. The highest BCUT2D eigenvalue weighted by Gasteiger charge is 2.36. The number of nitrogens with one attached hydrogen (secondary N) is 1. The molecule has 1 aliphatic rings. The summed E-state index contributed by atoms with van der Waals surface area (Å²) in [5.74, 6) is -0.409. The van der Waals surface area contributed by atoms with E-state index in [1.165, 1.54) is 49.6 Å². The van der Waals surface area contributed by atoms with E-state index in [1.807, 2.05) is 0 Å². The van der Waals surface area contributed by atoms with Crippen LogP contribution in [0.2, 0.25) is 0 Å². The standard InChI is InChI=1S/C25H27FN4O4S/c1-33-21-13-8-16(14-22(21)34-2)23(24(31)28-18-6-4-3-5-7-18)30(19-11-9-17(26)10-12-19)25(32)20-15-27-35-29-20/h8-15,18,23H,3-7H2,1-2H3,(H,28,31). The fraction of sp³-hybridized carbons (Fsp3) is 0.360. The number of carbonyl (C=O) groups is 2. The largest absolute Gasteiger partial charge is 0.493 e. The van der Waals surface area contributed by atoms with Crippen LogP contribution in [0.1, 0.15) is 54.2 Å². The molecule has 2 amide bonds. The average Bonchev–Trinajstić information content (AvgIpc) is 3.43. The molecule has 3 aromatic rings. The van der Waals surface area contributed by atoms with Gasteiger partial charge < -0.3 is 14.8 Å². The van der Waals surface area contributed by atoms with Crippen LogP contribution in [0, 0.1) is 5.82 Å². The van der Waals surface area contributed by atoms with E-state index in [-0.39, 0.29) is 17.6 Å². The monoisotopic (exact) mass is 498 g/mol. The number of amides is 2. The average molecular weight is 499 g/mol. The summed E-state index contributed by atoms with van der Waals surface area (Å²) in [5.41, 5.74) is 0.954. The lowest BCUT2D eigenvalue weighted by molar-refractivity contribution is -0.123. The van der Waals surface area contributed by atoms with Crippen molar-refractivity contribution in [2.75, 3.05) is 19.1 Å². The molecule has 1 unspecified atom stereocenters. The van der Waals surface area contributed by atoms with Gasteiger partial charge >= 0.3 is 0 Å². The third-order valence-electron chi connectivity index (χ3n) is 6.09. The van der Waals surface area contributed by atoms with Crippen LogP contribution in [0.5, 0.6) is 11.5 Å². The summed E-state index contributed by atoms with van der Waals surface area (Å²) >= 11 is 0.894. The Morgan fingerprint density at radius 2 is 1.77 bits per heavy atom. The molecular weight excluding hydrogens is 471 g/mol. The highest BCUT2D eigenvalue weighted by Crippen LogP contribution is 2.35. The Labute approximate surface area is 207 Å². The number of rotatable bonds is 8. The zero-order valence-electron chi connectivity index (χ0n) is 19.6. The first-order chi connectivity index (χ1) is 17.0. The van der Waals surface area contributed by atoms with Gasteiger partial charge in [-0.25, -0.2) is 4.39 Å². The predicted octanol–water partition coefficient (Wildman–Crippen LogP) is 4.53. The summed E-state index contributed by atoms with van der Waals surface area (Å²) in [5, 5.41) is 3.13. The van der Waals surface area contributed by atoms with Crippen molar-refractivity contribution in [1.82, 2.24) is 14.1 Å². The summed E-state index contributed by atoms with van der Waals surface area (Å²) in [6, 6.07) is 9.46. The highest BCUT2D eigenvalue weighted by atomic mass is 32.1. The molecule has 2 aromatic carbocycles. The molecule has 1 heterocycles. The maximum atomic E-state index is 13.8. The topological polar surface area (TPSA) is 93.7 Å². The predicted molar refractivity (Wildman–Crippen MR) is 130 cm³/mol. The highest BCUT2D eigenvalue weighted by molar-refractivity contribution is 6.99. The van der Waals surface area contributed by atoms with E-state index in [9.17, 15) is 14.0 Å². The van der Waals surface area contributed by atoms with Crippen LogP contribution in [0.3, 0.4) is 0 Å². The Balaban J connectivity index is 1.82. The SMILES string of the molecule is COc1ccc(C(C(=O)NC2CCCCC2)N(C(=O)c2cnsn2)c2ccc(F)cc2)cc1OC. The third kappa shape index (κ3) is 5.59. The normalized spacial score (nSPS) is 14.7. The number of halogens is 1. The van der Waals surface area contributed by atoms with E-state index in [0.29, 0.717) is 22.7 Å². The molecule has 0 radical (unpaired) electrons. The van der Waals surface area contributed by atoms with Crippen LogP contribution in [-0.2, 0) is 4.79 Å². The van der Waals surface area contributed by atoms with Gasteiger partial charge in [-0.2, -0.15) is 8.75 Å². The molecule has 184 valence electrons. The van der Waals surface area contributed by atoms with Crippen molar-refractivity contribution in [2.45, 2.75) is 44.2 Å². The molecule has 1 N–H and O–H groups in total. The molecule has 4 rings (SSSR count). The maximum absolute atomic E-state index is 13.8. The molecule has 1 atom stereocenters. The minimum absolute atomic E-state index is 0.0185. The van der Waals surface area contributed by atoms with Crippen molar-refractivity contribution >= 4 is 29.2 Å². The van der Waals surface area contributed by atoms with Gasteiger partial charge in [0.25, 0.3) is 5.91 Å². The Morgan fingerprint density at radius 3 is 2.40 bits per heavy atom.